The Kier molecular flexibility index (Phi) is 3.14. The van der Waals surface area contributed by atoms with Crippen molar-refractivity contribution >= 4 is 17.8 Å². The first-order valence-electron chi connectivity index (χ1n) is 8.06. The summed E-state index contributed by atoms with van der Waals surface area (Å²) in [6.45, 7) is 1.04. The first kappa shape index (κ1) is 14.2. The normalized spacial score (nSPS) is 28.4. The van der Waals surface area contributed by atoms with Gasteiger partial charge in [0, 0.05) is 19.0 Å². The van der Waals surface area contributed by atoms with Gasteiger partial charge in [0.05, 0.1) is 0 Å². The summed E-state index contributed by atoms with van der Waals surface area (Å²) in [6, 6.07) is 9.69. The maximum absolute atomic E-state index is 12.6. The van der Waals surface area contributed by atoms with Crippen molar-refractivity contribution in [2.45, 2.75) is 30.7 Å². The first-order chi connectivity index (χ1) is 11.1. The van der Waals surface area contributed by atoms with E-state index in [-0.39, 0.29) is 17.7 Å². The lowest BCUT2D eigenvalue weighted by Crippen LogP contribution is -2.56. The fraction of sp³-hybridized carbons (Fsp3) is 0.471. The molecule has 2 atom stereocenters. The Hall–Kier alpha value is -2.37. The minimum Gasteiger partial charge on any atom is -0.342 e. The van der Waals surface area contributed by atoms with Crippen LogP contribution < -0.4 is 10.6 Å². The summed E-state index contributed by atoms with van der Waals surface area (Å²) in [7, 11) is 0. The van der Waals surface area contributed by atoms with Gasteiger partial charge in [-0.2, -0.15) is 0 Å². The Labute approximate surface area is 134 Å². The van der Waals surface area contributed by atoms with Crippen molar-refractivity contribution in [3.63, 3.8) is 0 Å². The molecule has 23 heavy (non-hydrogen) atoms. The zero-order valence-corrected chi connectivity index (χ0v) is 12.7. The topological polar surface area (TPSA) is 78.5 Å². The van der Waals surface area contributed by atoms with E-state index in [0.29, 0.717) is 31.8 Å². The van der Waals surface area contributed by atoms with Gasteiger partial charge in [-0.1, -0.05) is 30.3 Å². The van der Waals surface area contributed by atoms with Gasteiger partial charge in [0.15, 0.2) is 0 Å². The second-order valence-corrected chi connectivity index (χ2v) is 6.68. The van der Waals surface area contributed by atoms with Crippen molar-refractivity contribution in [2.75, 3.05) is 13.1 Å². The molecule has 2 N–H and O–H groups in total. The summed E-state index contributed by atoms with van der Waals surface area (Å²) < 4.78 is 0. The van der Waals surface area contributed by atoms with Gasteiger partial charge < -0.3 is 10.2 Å². The lowest BCUT2D eigenvalue weighted by atomic mass is 9.87. The number of nitrogens with zero attached hydrogens (tertiary/aromatic N) is 1. The monoisotopic (exact) mass is 313 g/mol. The van der Waals surface area contributed by atoms with Gasteiger partial charge in [0.2, 0.25) is 5.91 Å². The molecule has 2 saturated heterocycles. The van der Waals surface area contributed by atoms with Crippen molar-refractivity contribution < 1.29 is 14.4 Å². The lowest BCUT2D eigenvalue weighted by molar-refractivity contribution is -0.137. The summed E-state index contributed by atoms with van der Waals surface area (Å²) >= 11 is 0. The fourth-order valence-corrected chi connectivity index (χ4v) is 3.76. The third-order valence-electron chi connectivity index (χ3n) is 5.28. The standard InChI is InChI=1S/C17H19N3O3/c21-14(13-10-12(13)11-4-2-1-3-5-11)20-8-6-17(7-9-20)15(22)18-16(23)19-17/h1-5,12-13H,6-10H2,(H2,18,19,22,23)/t12-,13+/m1/s1. The highest BCUT2D eigenvalue weighted by atomic mass is 16.2. The molecule has 0 unspecified atom stereocenters. The SMILES string of the molecule is O=C1NC(=O)C2(CCN(C(=O)[C@H]3C[C@@H]3c3ccccc3)CC2)N1. The molecule has 3 aliphatic rings. The second kappa shape index (κ2) is 5.08. The largest absolute Gasteiger partial charge is 0.342 e. The number of urea groups is 1. The van der Waals surface area contributed by atoms with E-state index < -0.39 is 11.6 Å². The van der Waals surface area contributed by atoms with Crippen LogP contribution in [0, 0.1) is 5.92 Å². The predicted molar refractivity (Wildman–Crippen MR) is 82.5 cm³/mol. The van der Waals surface area contributed by atoms with Crippen molar-refractivity contribution in [1.82, 2.24) is 15.5 Å². The minimum atomic E-state index is -0.809. The summed E-state index contributed by atoms with van der Waals surface area (Å²) in [6.07, 6.45) is 1.87. The van der Waals surface area contributed by atoms with Crippen LogP contribution in [0.5, 0.6) is 0 Å². The Morgan fingerprint density at radius 2 is 1.83 bits per heavy atom. The fourth-order valence-electron chi connectivity index (χ4n) is 3.76. The van der Waals surface area contributed by atoms with E-state index in [4.69, 9.17) is 0 Å². The van der Waals surface area contributed by atoms with E-state index in [0.717, 1.165) is 6.42 Å². The van der Waals surface area contributed by atoms with Gasteiger partial charge in [0.1, 0.15) is 5.54 Å². The number of hydrogen-bond acceptors (Lipinski definition) is 3. The summed E-state index contributed by atoms with van der Waals surface area (Å²) in [5, 5.41) is 5.01. The molecule has 2 aliphatic heterocycles. The zero-order valence-electron chi connectivity index (χ0n) is 12.7. The molecule has 6 heteroatoms. The number of nitrogens with one attached hydrogen (secondary N) is 2. The maximum Gasteiger partial charge on any atom is 0.322 e. The Balaban J connectivity index is 1.37. The molecule has 3 fully saturated rings. The van der Waals surface area contributed by atoms with Crippen LogP contribution in [0.4, 0.5) is 4.79 Å². The van der Waals surface area contributed by atoms with Crippen LogP contribution in [0.25, 0.3) is 0 Å². The van der Waals surface area contributed by atoms with Crippen molar-refractivity contribution in [3.05, 3.63) is 35.9 Å². The van der Waals surface area contributed by atoms with Gasteiger partial charge in [0.25, 0.3) is 5.91 Å². The smallest absolute Gasteiger partial charge is 0.322 e. The molecule has 1 aliphatic carbocycles. The number of likely N-dealkylation sites (tertiary alicyclic amines) is 1. The molecule has 2 heterocycles. The predicted octanol–water partition coefficient (Wildman–Crippen LogP) is 0.991. The number of carbonyl (C=O) groups is 3. The zero-order chi connectivity index (χ0) is 16.0. The molecule has 0 radical (unpaired) electrons. The average molecular weight is 313 g/mol. The van der Waals surface area contributed by atoms with Crippen LogP contribution >= 0.6 is 0 Å². The molecule has 4 rings (SSSR count). The Bertz CT molecular complexity index is 665. The molecule has 1 saturated carbocycles. The summed E-state index contributed by atoms with van der Waals surface area (Å²) in [5.41, 5.74) is 0.415. The molecular formula is C17H19N3O3. The maximum atomic E-state index is 12.6. The number of rotatable bonds is 2. The number of imide groups is 1. The average Bonchev–Trinajstić information content (AvgIpc) is 3.31. The quantitative estimate of drug-likeness (QED) is 0.799. The number of piperidine rings is 1. The van der Waals surface area contributed by atoms with Crippen molar-refractivity contribution in [2.24, 2.45) is 5.92 Å². The van der Waals surface area contributed by atoms with Crippen LogP contribution in [-0.4, -0.2) is 41.4 Å². The van der Waals surface area contributed by atoms with E-state index in [2.05, 4.69) is 22.8 Å². The molecule has 120 valence electrons. The van der Waals surface area contributed by atoms with E-state index >= 15 is 0 Å². The van der Waals surface area contributed by atoms with Crippen LogP contribution in [-0.2, 0) is 9.59 Å². The molecule has 0 bridgehead atoms. The van der Waals surface area contributed by atoms with Crippen LogP contribution in [0.3, 0.4) is 0 Å². The van der Waals surface area contributed by atoms with Crippen molar-refractivity contribution in [3.8, 4) is 0 Å². The van der Waals surface area contributed by atoms with E-state index in [9.17, 15) is 14.4 Å². The van der Waals surface area contributed by atoms with E-state index in [1.165, 1.54) is 5.56 Å². The third-order valence-corrected chi connectivity index (χ3v) is 5.28. The molecule has 0 aromatic heterocycles. The lowest BCUT2D eigenvalue weighted by Gasteiger charge is -2.37. The van der Waals surface area contributed by atoms with Gasteiger partial charge in [-0.25, -0.2) is 4.79 Å². The van der Waals surface area contributed by atoms with Crippen LogP contribution in [0.1, 0.15) is 30.7 Å². The molecular weight excluding hydrogens is 294 g/mol. The highest BCUT2D eigenvalue weighted by molar-refractivity contribution is 6.07. The summed E-state index contributed by atoms with van der Waals surface area (Å²) in [4.78, 5) is 37.7. The molecule has 6 nitrogen and oxygen atoms in total. The van der Waals surface area contributed by atoms with Gasteiger partial charge >= 0.3 is 6.03 Å². The first-order valence-corrected chi connectivity index (χ1v) is 8.06. The van der Waals surface area contributed by atoms with Crippen LogP contribution in [0.2, 0.25) is 0 Å². The second-order valence-electron chi connectivity index (χ2n) is 6.68. The third kappa shape index (κ3) is 2.38. The Morgan fingerprint density at radius 1 is 1.13 bits per heavy atom. The van der Waals surface area contributed by atoms with Crippen molar-refractivity contribution in [1.29, 1.82) is 0 Å². The van der Waals surface area contributed by atoms with Gasteiger partial charge in [-0.05, 0) is 30.7 Å². The van der Waals surface area contributed by atoms with Gasteiger partial charge in [-0.15, -0.1) is 0 Å². The molecule has 1 aromatic rings. The summed E-state index contributed by atoms with van der Waals surface area (Å²) in [5.74, 6) is 0.314. The molecule has 1 aromatic carbocycles. The number of hydrogen-bond donors (Lipinski definition) is 2. The molecule has 4 amide bonds. The van der Waals surface area contributed by atoms with E-state index in [1.807, 2.05) is 23.1 Å². The number of carbonyl (C=O) groups excluding carboxylic acids is 3. The highest BCUT2D eigenvalue weighted by Crippen LogP contribution is 2.48. The number of benzene rings is 1. The van der Waals surface area contributed by atoms with Gasteiger partial charge in [-0.3, -0.25) is 14.9 Å². The molecule has 1 spiro atoms. The van der Waals surface area contributed by atoms with E-state index in [1.54, 1.807) is 0 Å². The minimum absolute atomic E-state index is 0.0680. The number of amides is 4. The Morgan fingerprint density at radius 3 is 2.43 bits per heavy atom. The van der Waals surface area contributed by atoms with Crippen LogP contribution in [0.15, 0.2) is 30.3 Å². The highest BCUT2D eigenvalue weighted by Gasteiger charge is 2.51.